The predicted octanol–water partition coefficient (Wildman–Crippen LogP) is 3.08. The van der Waals surface area contributed by atoms with Crippen LogP contribution in [0.4, 0.5) is 0 Å². The first-order valence-corrected chi connectivity index (χ1v) is 5.04. The molecule has 1 aromatic rings. The van der Waals surface area contributed by atoms with Gasteiger partial charge in [0, 0.05) is 12.3 Å². The van der Waals surface area contributed by atoms with Crippen molar-refractivity contribution in [2.24, 2.45) is 0 Å². The van der Waals surface area contributed by atoms with Crippen LogP contribution in [0, 0.1) is 0 Å². The van der Waals surface area contributed by atoms with Gasteiger partial charge in [0.15, 0.2) is 5.78 Å². The monoisotopic (exact) mass is 186 g/mol. The number of carbonyl (C=O) groups is 1. The van der Waals surface area contributed by atoms with E-state index in [9.17, 15) is 4.79 Å². The van der Waals surface area contributed by atoms with Crippen molar-refractivity contribution in [2.45, 2.75) is 25.7 Å². The average Bonchev–Trinajstić information content (AvgIpc) is 2.23. The van der Waals surface area contributed by atoms with Crippen LogP contribution in [0.2, 0.25) is 0 Å². The number of ketones is 1. The van der Waals surface area contributed by atoms with Gasteiger partial charge in [-0.1, -0.05) is 36.4 Å². The molecule has 0 spiro atoms. The van der Waals surface area contributed by atoms with E-state index in [-0.39, 0.29) is 0 Å². The smallest absolute Gasteiger partial charge is 0.158 e. The van der Waals surface area contributed by atoms with Gasteiger partial charge in [-0.05, 0) is 24.5 Å². The molecular formula is C13H14O. The zero-order chi connectivity index (χ0) is 9.97. The van der Waals surface area contributed by atoms with E-state index in [1.165, 1.54) is 5.56 Å². The standard InChI is InChI=1S/C13H14O/c1-10-9-12(7-8-13(10)14)11-5-3-2-4-6-11/h2-6,9,12H,7-8H2,1H3. The summed E-state index contributed by atoms with van der Waals surface area (Å²) in [5.41, 5.74) is 2.24. The number of allylic oxidation sites excluding steroid dienone is 2. The van der Waals surface area contributed by atoms with Crippen LogP contribution < -0.4 is 0 Å². The van der Waals surface area contributed by atoms with E-state index in [0.717, 1.165) is 12.0 Å². The SMILES string of the molecule is CC1=CC(c2ccccc2)CCC1=O. The van der Waals surface area contributed by atoms with E-state index >= 15 is 0 Å². The van der Waals surface area contributed by atoms with Gasteiger partial charge >= 0.3 is 0 Å². The van der Waals surface area contributed by atoms with Crippen LogP contribution in [-0.2, 0) is 4.79 Å². The molecule has 72 valence electrons. The molecule has 0 aliphatic heterocycles. The molecule has 1 unspecified atom stereocenters. The van der Waals surface area contributed by atoms with Crippen molar-refractivity contribution in [3.63, 3.8) is 0 Å². The molecule has 1 aliphatic rings. The first kappa shape index (κ1) is 9.20. The second-order valence-corrected chi connectivity index (χ2v) is 3.83. The molecule has 0 radical (unpaired) electrons. The summed E-state index contributed by atoms with van der Waals surface area (Å²) in [5, 5.41) is 0. The summed E-state index contributed by atoms with van der Waals surface area (Å²) < 4.78 is 0. The summed E-state index contributed by atoms with van der Waals surface area (Å²) in [5.74, 6) is 0.742. The summed E-state index contributed by atoms with van der Waals surface area (Å²) in [7, 11) is 0. The largest absolute Gasteiger partial charge is 0.295 e. The minimum atomic E-state index is 0.303. The van der Waals surface area contributed by atoms with E-state index < -0.39 is 0 Å². The fourth-order valence-corrected chi connectivity index (χ4v) is 1.92. The molecule has 0 N–H and O–H groups in total. The van der Waals surface area contributed by atoms with Gasteiger partial charge in [0.1, 0.15) is 0 Å². The quantitative estimate of drug-likeness (QED) is 0.658. The molecule has 1 aromatic carbocycles. The van der Waals surface area contributed by atoms with Gasteiger partial charge in [0.05, 0.1) is 0 Å². The normalized spacial score (nSPS) is 21.9. The van der Waals surface area contributed by atoms with Crippen molar-refractivity contribution in [1.29, 1.82) is 0 Å². The first-order chi connectivity index (χ1) is 6.77. The number of rotatable bonds is 1. The lowest BCUT2D eigenvalue weighted by atomic mass is 9.85. The van der Waals surface area contributed by atoms with Gasteiger partial charge in [-0.3, -0.25) is 4.79 Å². The summed E-state index contributed by atoms with van der Waals surface area (Å²) in [6.07, 6.45) is 3.75. The fraction of sp³-hybridized carbons (Fsp3) is 0.308. The third-order valence-corrected chi connectivity index (χ3v) is 2.80. The summed E-state index contributed by atoms with van der Waals surface area (Å²) in [6.45, 7) is 1.91. The maximum absolute atomic E-state index is 11.3. The Hall–Kier alpha value is -1.37. The molecule has 0 amide bonds. The highest BCUT2D eigenvalue weighted by molar-refractivity contribution is 5.95. The molecule has 0 bridgehead atoms. The van der Waals surface area contributed by atoms with Crippen LogP contribution >= 0.6 is 0 Å². The minimum absolute atomic E-state index is 0.303. The lowest BCUT2D eigenvalue weighted by Gasteiger charge is -2.18. The maximum atomic E-state index is 11.3. The first-order valence-electron chi connectivity index (χ1n) is 5.04. The molecule has 0 aromatic heterocycles. The Kier molecular flexibility index (Phi) is 2.49. The van der Waals surface area contributed by atoms with Gasteiger partial charge in [-0.15, -0.1) is 0 Å². The average molecular weight is 186 g/mol. The lowest BCUT2D eigenvalue weighted by molar-refractivity contribution is -0.116. The Morgan fingerprint density at radius 3 is 2.57 bits per heavy atom. The van der Waals surface area contributed by atoms with Gasteiger partial charge in [0.25, 0.3) is 0 Å². The lowest BCUT2D eigenvalue weighted by Crippen LogP contribution is -2.10. The Morgan fingerprint density at radius 1 is 1.21 bits per heavy atom. The summed E-state index contributed by atoms with van der Waals surface area (Å²) in [6, 6.07) is 10.4. The van der Waals surface area contributed by atoms with Crippen molar-refractivity contribution >= 4 is 5.78 Å². The predicted molar refractivity (Wildman–Crippen MR) is 57.2 cm³/mol. The number of hydrogen-bond donors (Lipinski definition) is 0. The third-order valence-electron chi connectivity index (χ3n) is 2.80. The number of benzene rings is 1. The number of hydrogen-bond acceptors (Lipinski definition) is 1. The molecular weight excluding hydrogens is 172 g/mol. The Bertz CT molecular complexity index is 362. The molecule has 0 fully saturated rings. The Labute approximate surface area is 84.5 Å². The molecule has 1 atom stereocenters. The van der Waals surface area contributed by atoms with E-state index in [1.807, 2.05) is 13.0 Å². The Morgan fingerprint density at radius 2 is 1.93 bits per heavy atom. The van der Waals surface area contributed by atoms with Crippen molar-refractivity contribution in [2.75, 3.05) is 0 Å². The molecule has 2 rings (SSSR count). The maximum Gasteiger partial charge on any atom is 0.158 e. The van der Waals surface area contributed by atoms with Gasteiger partial charge < -0.3 is 0 Å². The Balaban J connectivity index is 2.26. The second-order valence-electron chi connectivity index (χ2n) is 3.83. The van der Waals surface area contributed by atoms with Crippen molar-refractivity contribution < 1.29 is 4.79 Å². The van der Waals surface area contributed by atoms with Crippen LogP contribution in [0.15, 0.2) is 42.0 Å². The molecule has 0 heterocycles. The molecule has 14 heavy (non-hydrogen) atoms. The fourth-order valence-electron chi connectivity index (χ4n) is 1.92. The summed E-state index contributed by atoms with van der Waals surface area (Å²) in [4.78, 5) is 11.3. The van der Waals surface area contributed by atoms with Crippen LogP contribution in [-0.4, -0.2) is 5.78 Å². The number of carbonyl (C=O) groups excluding carboxylic acids is 1. The second kappa shape index (κ2) is 3.79. The molecule has 1 nitrogen and oxygen atoms in total. The topological polar surface area (TPSA) is 17.1 Å². The third kappa shape index (κ3) is 1.77. The van der Waals surface area contributed by atoms with E-state index in [4.69, 9.17) is 0 Å². The summed E-state index contributed by atoms with van der Waals surface area (Å²) >= 11 is 0. The molecule has 0 saturated carbocycles. The van der Waals surface area contributed by atoms with Crippen LogP contribution in [0.1, 0.15) is 31.2 Å². The van der Waals surface area contributed by atoms with Gasteiger partial charge in [-0.2, -0.15) is 0 Å². The van der Waals surface area contributed by atoms with Crippen LogP contribution in [0.5, 0.6) is 0 Å². The zero-order valence-corrected chi connectivity index (χ0v) is 8.36. The van der Waals surface area contributed by atoms with Crippen molar-refractivity contribution in [1.82, 2.24) is 0 Å². The van der Waals surface area contributed by atoms with Crippen LogP contribution in [0.25, 0.3) is 0 Å². The van der Waals surface area contributed by atoms with Gasteiger partial charge in [0.2, 0.25) is 0 Å². The van der Waals surface area contributed by atoms with Gasteiger partial charge in [-0.25, -0.2) is 0 Å². The minimum Gasteiger partial charge on any atom is -0.295 e. The van der Waals surface area contributed by atoms with Crippen LogP contribution in [0.3, 0.4) is 0 Å². The van der Waals surface area contributed by atoms with E-state index in [1.54, 1.807) is 0 Å². The molecule has 0 saturated heterocycles. The zero-order valence-electron chi connectivity index (χ0n) is 8.36. The highest BCUT2D eigenvalue weighted by Crippen LogP contribution is 2.28. The van der Waals surface area contributed by atoms with Crippen molar-refractivity contribution in [3.05, 3.63) is 47.5 Å². The molecule has 1 aliphatic carbocycles. The highest BCUT2D eigenvalue weighted by atomic mass is 16.1. The number of Topliss-reactive ketones (excluding diaryl/α,β-unsaturated/α-hetero) is 1. The highest BCUT2D eigenvalue weighted by Gasteiger charge is 2.18. The van der Waals surface area contributed by atoms with Crippen molar-refractivity contribution in [3.8, 4) is 0 Å². The molecule has 1 heteroatoms. The van der Waals surface area contributed by atoms with E-state index in [0.29, 0.717) is 18.1 Å². The van der Waals surface area contributed by atoms with E-state index in [2.05, 4.69) is 30.3 Å².